The number of hydrogen-bond acceptors (Lipinski definition) is 26. The Morgan fingerprint density at radius 1 is 0.687 bits per heavy atom. The van der Waals surface area contributed by atoms with Gasteiger partial charge in [-0.3, -0.25) is 27.2 Å². The molecule has 0 spiro atoms. The minimum absolute atomic E-state index is 0.00161. The SMILES string of the molecule is COc1ccc2c(nc3c(C#N)c(C)c(N=Nc4cc(C)c(N=Nc5cc(CO)c(N=Nc6nc7c(S(=O)(=O)O)cc8c(CO)cc(S(=O)(=O)O)cc8c7s6)cc5SCCCS(=O)(=O)O)cc4OCCCS(=O)(=O)O)c(O)n32)c1S(=O)(=O)O. The van der Waals surface area contributed by atoms with E-state index in [1.165, 1.54) is 43.3 Å². The summed E-state index contributed by atoms with van der Waals surface area (Å²) in [5.74, 6) is -2.37. The first-order valence-corrected chi connectivity index (χ1v) is 32.6. The van der Waals surface area contributed by atoms with Crippen LogP contribution in [-0.4, -0.2) is 126 Å². The molecule has 0 saturated heterocycles. The van der Waals surface area contributed by atoms with Gasteiger partial charge in [0.15, 0.2) is 16.2 Å². The molecular formula is C46H42N10O20S7. The zero-order chi connectivity index (χ0) is 60.7. The molecule has 8 N–H and O–H groups in total. The van der Waals surface area contributed by atoms with E-state index in [1.807, 2.05) is 6.07 Å². The maximum Gasteiger partial charge on any atom is 0.300 e. The Kier molecular flexibility index (Phi) is 17.7. The van der Waals surface area contributed by atoms with Crippen molar-refractivity contribution in [1.29, 1.82) is 5.26 Å². The number of azo groups is 3. The summed E-state index contributed by atoms with van der Waals surface area (Å²) in [6.07, 6.45) is -0.311. The van der Waals surface area contributed by atoms with Crippen molar-refractivity contribution in [3.05, 3.63) is 82.4 Å². The normalized spacial score (nSPS) is 13.0. The van der Waals surface area contributed by atoms with Crippen LogP contribution in [0.5, 0.6) is 17.4 Å². The minimum Gasteiger partial charge on any atom is -0.495 e. The summed E-state index contributed by atoms with van der Waals surface area (Å²) in [6, 6.07) is 12.8. The highest BCUT2D eigenvalue weighted by atomic mass is 32.2. The summed E-state index contributed by atoms with van der Waals surface area (Å²) in [5.41, 5.74) is -1.25. The summed E-state index contributed by atoms with van der Waals surface area (Å²) >= 11 is 1.69. The lowest BCUT2D eigenvalue weighted by Gasteiger charge is -2.12. The smallest absolute Gasteiger partial charge is 0.300 e. The Morgan fingerprint density at radius 2 is 1.35 bits per heavy atom. The molecule has 0 amide bonds. The number of aliphatic hydroxyl groups is 2. The zero-order valence-electron chi connectivity index (χ0n) is 42.7. The maximum atomic E-state index is 12.6. The number of aryl methyl sites for hydroxylation is 1. The Bertz CT molecular complexity index is 4740. The number of rotatable bonds is 22. The monoisotopic (exact) mass is 1280 g/mol. The predicted octanol–water partition coefficient (Wildman–Crippen LogP) is 8.45. The number of aromatic nitrogens is 3. The van der Waals surface area contributed by atoms with Gasteiger partial charge in [0, 0.05) is 27.5 Å². The van der Waals surface area contributed by atoms with Gasteiger partial charge in [-0.2, -0.15) is 52.5 Å². The standard InChI is InChI=1S/C46H42N10O20S7/c1-22-12-32(52-54-39-23(2)29(19-47)44-48-40-34(56(44)45(39)59)6-7-35(75-3)43(40)83(72,73)74)36(76-8-4-10-79(60,61)62)17-30(22)50-53-33-14-25(21-58)31(18-37(33)77-9-5-11-80(63,64)65)51-55-46-49-41-38(82(69,70)71)16-27-24(20-57)13-26(81(66,67)68)15-28(27)42(41)78-46/h6-7,12-18,57-59H,4-5,8-11,20-21H2,1-3H3,(H,60,61,62)(H,63,64,65)(H,66,67,68)(H,69,70,71)(H,72,73,74). The number of benzene rings is 5. The number of nitriles is 1. The fourth-order valence-corrected chi connectivity index (χ4v) is 13.4. The molecule has 0 aliphatic heterocycles. The Morgan fingerprint density at radius 3 is 1.98 bits per heavy atom. The third kappa shape index (κ3) is 13.6. The number of ether oxygens (including phenoxy) is 2. The van der Waals surface area contributed by atoms with Crippen molar-refractivity contribution >= 4 is 145 Å². The van der Waals surface area contributed by atoms with Crippen LogP contribution >= 0.6 is 23.1 Å². The number of thiazole rings is 1. The van der Waals surface area contributed by atoms with Crippen LogP contribution in [0.3, 0.4) is 0 Å². The molecule has 8 rings (SSSR count). The van der Waals surface area contributed by atoms with Crippen LogP contribution in [0.2, 0.25) is 0 Å². The third-order valence-electron chi connectivity index (χ3n) is 12.0. The number of hydrogen-bond donors (Lipinski definition) is 8. The van der Waals surface area contributed by atoms with Gasteiger partial charge in [-0.25, -0.2) is 9.97 Å². The summed E-state index contributed by atoms with van der Waals surface area (Å²) in [7, 11) is -22.5. The number of thioether (sulfide) groups is 1. The van der Waals surface area contributed by atoms with E-state index in [0.29, 0.717) is 16.9 Å². The van der Waals surface area contributed by atoms with Gasteiger partial charge in [0.05, 0.1) is 70.6 Å². The second-order valence-corrected chi connectivity index (χ2v) is 27.0. The molecule has 0 aliphatic carbocycles. The number of aromatic hydroxyl groups is 1. The quantitative estimate of drug-likeness (QED) is 0.0136. The van der Waals surface area contributed by atoms with E-state index in [4.69, 9.17) is 9.47 Å². The predicted molar refractivity (Wildman–Crippen MR) is 297 cm³/mol. The van der Waals surface area contributed by atoms with Crippen LogP contribution in [0.4, 0.5) is 33.6 Å². The summed E-state index contributed by atoms with van der Waals surface area (Å²) in [6.45, 7) is 1.08. The molecule has 8 aromatic rings. The fourth-order valence-electron chi connectivity index (χ4n) is 8.26. The van der Waals surface area contributed by atoms with Crippen molar-refractivity contribution in [3.8, 4) is 23.4 Å². The lowest BCUT2D eigenvalue weighted by Crippen LogP contribution is -2.08. The Hall–Kier alpha value is -7.29. The molecule has 0 atom stereocenters. The number of aliphatic hydroxyl groups excluding tert-OH is 2. The van der Waals surface area contributed by atoms with E-state index in [0.717, 1.165) is 41.5 Å². The van der Waals surface area contributed by atoms with E-state index >= 15 is 0 Å². The summed E-state index contributed by atoms with van der Waals surface area (Å²) < 4.78 is 182. The molecule has 3 heterocycles. The third-order valence-corrected chi connectivity index (χ3v) is 18.4. The zero-order valence-corrected chi connectivity index (χ0v) is 48.4. The van der Waals surface area contributed by atoms with Crippen molar-refractivity contribution < 1.29 is 89.6 Å². The maximum absolute atomic E-state index is 12.6. The van der Waals surface area contributed by atoms with Crippen LogP contribution in [0, 0.1) is 25.2 Å². The van der Waals surface area contributed by atoms with Crippen LogP contribution in [0.15, 0.2) is 105 Å². The van der Waals surface area contributed by atoms with Gasteiger partial charge in [0.2, 0.25) is 11.0 Å². The van der Waals surface area contributed by atoms with Crippen LogP contribution in [0.25, 0.3) is 37.7 Å². The van der Waals surface area contributed by atoms with Crippen LogP contribution < -0.4 is 9.47 Å². The van der Waals surface area contributed by atoms with E-state index < -0.39 is 95.9 Å². The molecule has 30 nitrogen and oxygen atoms in total. The second-order valence-electron chi connectivity index (χ2n) is 17.6. The highest BCUT2D eigenvalue weighted by molar-refractivity contribution is 7.99. The highest BCUT2D eigenvalue weighted by Crippen LogP contribution is 2.45. The topological polar surface area (TPSA) is 479 Å². The average Bonchev–Trinajstić information content (AvgIpc) is 2.91. The van der Waals surface area contributed by atoms with Crippen molar-refractivity contribution in [3.63, 3.8) is 0 Å². The first-order valence-electron chi connectivity index (χ1n) is 23.3. The van der Waals surface area contributed by atoms with Crippen molar-refractivity contribution in [1.82, 2.24) is 14.4 Å². The lowest BCUT2D eigenvalue weighted by atomic mass is 10.0. The highest BCUT2D eigenvalue weighted by Gasteiger charge is 2.29. The first kappa shape index (κ1) is 61.8. The molecule has 0 bridgehead atoms. The van der Waals surface area contributed by atoms with Gasteiger partial charge in [-0.15, -0.1) is 37.3 Å². The van der Waals surface area contributed by atoms with Crippen LogP contribution in [-0.2, 0) is 63.8 Å². The molecule has 37 heteroatoms. The Balaban J connectivity index is 1.21. The molecule has 0 radical (unpaired) electrons. The summed E-state index contributed by atoms with van der Waals surface area (Å²) in [5, 5.41) is 68.0. The molecular weight excluding hydrogens is 1240 g/mol. The van der Waals surface area contributed by atoms with Crippen molar-refractivity contribution in [2.45, 2.75) is 59.5 Å². The molecule has 438 valence electrons. The van der Waals surface area contributed by atoms with E-state index in [1.54, 1.807) is 6.92 Å². The number of imidazole rings is 1. The number of methoxy groups -OCH3 is 1. The van der Waals surface area contributed by atoms with E-state index in [2.05, 4.69) is 40.7 Å². The van der Waals surface area contributed by atoms with E-state index in [9.17, 15) is 85.4 Å². The number of pyridine rings is 1. The summed E-state index contributed by atoms with van der Waals surface area (Å²) in [4.78, 5) is 6.59. The second kappa shape index (κ2) is 23.8. The van der Waals surface area contributed by atoms with Gasteiger partial charge in [-0.1, -0.05) is 11.3 Å². The molecule has 3 aromatic heterocycles. The molecule has 0 aliphatic rings. The number of fused-ring (bicyclic) bond motifs is 6. The molecule has 0 saturated carbocycles. The van der Waals surface area contributed by atoms with Crippen molar-refractivity contribution in [2.75, 3.05) is 31.0 Å². The fraction of sp³-hybridized carbons (Fsp3) is 0.239. The number of nitrogens with zero attached hydrogens (tertiary/aromatic N) is 10. The average molecular weight is 1280 g/mol. The van der Waals surface area contributed by atoms with Crippen molar-refractivity contribution in [2.24, 2.45) is 30.7 Å². The van der Waals surface area contributed by atoms with Crippen LogP contribution in [0.1, 0.15) is 40.7 Å². The molecule has 0 unspecified atom stereocenters. The Labute approximate surface area is 478 Å². The van der Waals surface area contributed by atoms with Gasteiger partial charge in [0.25, 0.3) is 50.6 Å². The largest absolute Gasteiger partial charge is 0.495 e. The van der Waals surface area contributed by atoms with E-state index in [-0.39, 0.29) is 135 Å². The molecule has 0 fully saturated rings. The minimum atomic E-state index is -5.03. The van der Waals surface area contributed by atoms with Gasteiger partial charge < -0.3 is 24.8 Å². The van der Waals surface area contributed by atoms with Gasteiger partial charge in [-0.05, 0) is 97.5 Å². The molecule has 83 heavy (non-hydrogen) atoms. The molecule has 5 aromatic carbocycles. The first-order chi connectivity index (χ1) is 38.8. The van der Waals surface area contributed by atoms with Gasteiger partial charge in [0.1, 0.15) is 44.7 Å². The van der Waals surface area contributed by atoms with Gasteiger partial charge >= 0.3 is 0 Å². The lowest BCUT2D eigenvalue weighted by molar-refractivity contribution is 0.282.